The predicted octanol–water partition coefficient (Wildman–Crippen LogP) is 3.03. The van der Waals surface area contributed by atoms with Crippen molar-refractivity contribution in [3.63, 3.8) is 0 Å². The molecule has 1 aliphatic heterocycles. The smallest absolute Gasteiger partial charge is 0.416 e. The van der Waals surface area contributed by atoms with Crippen LogP contribution in [0.3, 0.4) is 0 Å². The molecule has 2 N–H and O–H groups in total. The van der Waals surface area contributed by atoms with Crippen molar-refractivity contribution in [1.29, 1.82) is 0 Å². The summed E-state index contributed by atoms with van der Waals surface area (Å²) in [6.07, 6.45) is -4.51. The number of rotatable bonds is 5. The molecule has 1 heterocycles. The topological polar surface area (TPSA) is 97.0 Å². The molecular formula is C20H18F3N3O5. The molecule has 1 fully saturated rings. The Morgan fingerprint density at radius 3 is 2.29 bits per heavy atom. The number of urea groups is 1. The van der Waals surface area contributed by atoms with Crippen LogP contribution in [0.5, 0.6) is 11.5 Å². The zero-order chi connectivity index (χ0) is 22.8. The molecule has 0 aliphatic carbocycles. The standard InChI is InChI=1S/C20H18F3N3O5/c1-30-15-8-7-13(9-16(15)31-2)26-18(28)14(10-24-19(26)29)17(27)25-12-5-3-11(4-6-12)20(21,22)23/h3-9,14H,10H2,1-2H3,(H,24,29)(H,25,27). The molecule has 3 rings (SSSR count). The normalized spacial score (nSPS) is 16.5. The van der Waals surface area contributed by atoms with E-state index in [1.807, 2.05) is 0 Å². The molecule has 1 atom stereocenters. The fourth-order valence-corrected chi connectivity index (χ4v) is 3.00. The van der Waals surface area contributed by atoms with Crippen LogP contribution in [0, 0.1) is 5.92 Å². The summed E-state index contributed by atoms with van der Waals surface area (Å²) in [7, 11) is 2.82. The van der Waals surface area contributed by atoms with Crippen LogP contribution >= 0.6 is 0 Å². The van der Waals surface area contributed by atoms with Crippen molar-refractivity contribution in [2.75, 3.05) is 31.0 Å². The summed E-state index contributed by atoms with van der Waals surface area (Å²) >= 11 is 0. The molecule has 2 aromatic carbocycles. The van der Waals surface area contributed by atoms with Gasteiger partial charge in [-0.25, -0.2) is 9.69 Å². The quantitative estimate of drug-likeness (QED) is 0.701. The van der Waals surface area contributed by atoms with Crippen molar-refractivity contribution in [1.82, 2.24) is 5.32 Å². The van der Waals surface area contributed by atoms with Crippen molar-refractivity contribution in [2.45, 2.75) is 6.18 Å². The van der Waals surface area contributed by atoms with Crippen LogP contribution in [0.15, 0.2) is 42.5 Å². The minimum absolute atomic E-state index is 0.0837. The van der Waals surface area contributed by atoms with Gasteiger partial charge < -0.3 is 20.1 Å². The van der Waals surface area contributed by atoms with E-state index in [4.69, 9.17) is 9.47 Å². The van der Waals surface area contributed by atoms with Gasteiger partial charge in [-0.2, -0.15) is 13.2 Å². The number of ether oxygens (including phenoxy) is 2. The molecule has 8 nitrogen and oxygen atoms in total. The fourth-order valence-electron chi connectivity index (χ4n) is 3.00. The maximum Gasteiger partial charge on any atom is 0.416 e. The summed E-state index contributed by atoms with van der Waals surface area (Å²) in [6, 6.07) is 7.43. The monoisotopic (exact) mass is 437 g/mol. The van der Waals surface area contributed by atoms with E-state index in [0.717, 1.165) is 29.2 Å². The van der Waals surface area contributed by atoms with Crippen LogP contribution in [0.2, 0.25) is 0 Å². The highest BCUT2D eigenvalue weighted by atomic mass is 19.4. The Hall–Kier alpha value is -3.76. The molecule has 0 radical (unpaired) electrons. The number of amides is 4. The molecule has 4 amide bonds. The summed E-state index contributed by atoms with van der Waals surface area (Å²) in [6.45, 7) is -0.256. The molecule has 2 aromatic rings. The van der Waals surface area contributed by atoms with Gasteiger partial charge in [0.25, 0.3) is 0 Å². The molecule has 0 spiro atoms. The number of nitrogens with one attached hydrogen (secondary N) is 2. The molecule has 164 valence electrons. The Morgan fingerprint density at radius 1 is 1.06 bits per heavy atom. The average Bonchev–Trinajstić information content (AvgIpc) is 2.73. The first-order chi connectivity index (χ1) is 14.7. The van der Waals surface area contributed by atoms with Gasteiger partial charge in [-0.05, 0) is 36.4 Å². The van der Waals surface area contributed by atoms with Crippen LogP contribution in [-0.4, -0.2) is 38.6 Å². The molecule has 0 saturated carbocycles. The Balaban J connectivity index is 1.79. The summed E-state index contributed by atoms with van der Waals surface area (Å²) in [5, 5.41) is 4.86. The number of anilines is 2. The third kappa shape index (κ3) is 4.55. The first kappa shape index (κ1) is 21.9. The van der Waals surface area contributed by atoms with Gasteiger partial charge in [0.15, 0.2) is 11.5 Å². The molecule has 0 aromatic heterocycles. The number of carbonyl (C=O) groups is 3. The number of benzene rings is 2. The minimum Gasteiger partial charge on any atom is -0.493 e. The van der Waals surface area contributed by atoms with E-state index >= 15 is 0 Å². The highest BCUT2D eigenvalue weighted by Gasteiger charge is 2.40. The molecule has 11 heteroatoms. The van der Waals surface area contributed by atoms with Crippen molar-refractivity contribution in [3.05, 3.63) is 48.0 Å². The molecular weight excluding hydrogens is 419 g/mol. The van der Waals surface area contributed by atoms with Gasteiger partial charge in [-0.15, -0.1) is 0 Å². The number of halogens is 3. The number of imide groups is 1. The van der Waals surface area contributed by atoms with Crippen LogP contribution in [-0.2, 0) is 15.8 Å². The van der Waals surface area contributed by atoms with Gasteiger partial charge in [-0.3, -0.25) is 9.59 Å². The van der Waals surface area contributed by atoms with Crippen LogP contribution in [0.1, 0.15) is 5.56 Å². The summed E-state index contributed by atoms with van der Waals surface area (Å²) in [4.78, 5) is 38.6. The Bertz CT molecular complexity index is 1010. The minimum atomic E-state index is -4.51. The van der Waals surface area contributed by atoms with E-state index in [-0.39, 0.29) is 23.7 Å². The van der Waals surface area contributed by atoms with Crippen LogP contribution < -0.4 is 25.0 Å². The fraction of sp³-hybridized carbons (Fsp3) is 0.250. The van der Waals surface area contributed by atoms with Crippen LogP contribution in [0.4, 0.5) is 29.3 Å². The molecule has 0 bridgehead atoms. The number of alkyl halides is 3. The third-order valence-electron chi connectivity index (χ3n) is 4.60. The summed E-state index contributed by atoms with van der Waals surface area (Å²) in [5.41, 5.74) is -0.626. The third-order valence-corrected chi connectivity index (χ3v) is 4.60. The maximum atomic E-state index is 12.9. The Labute approximate surface area is 174 Å². The number of methoxy groups -OCH3 is 2. The van der Waals surface area contributed by atoms with E-state index in [2.05, 4.69) is 10.6 Å². The number of hydrogen-bond donors (Lipinski definition) is 2. The lowest BCUT2D eigenvalue weighted by molar-refractivity contribution is -0.137. The molecule has 31 heavy (non-hydrogen) atoms. The average molecular weight is 437 g/mol. The van der Waals surface area contributed by atoms with E-state index in [9.17, 15) is 27.6 Å². The van der Waals surface area contributed by atoms with Gasteiger partial charge in [0.05, 0.1) is 25.5 Å². The van der Waals surface area contributed by atoms with Crippen molar-refractivity contribution in [2.24, 2.45) is 5.92 Å². The van der Waals surface area contributed by atoms with E-state index in [1.54, 1.807) is 0 Å². The molecule has 1 aliphatic rings. The Morgan fingerprint density at radius 2 is 1.71 bits per heavy atom. The molecule has 1 unspecified atom stereocenters. The lowest BCUT2D eigenvalue weighted by Gasteiger charge is -2.31. The van der Waals surface area contributed by atoms with Gasteiger partial charge in [-0.1, -0.05) is 0 Å². The molecule has 1 saturated heterocycles. The number of carbonyl (C=O) groups excluding carboxylic acids is 3. The van der Waals surface area contributed by atoms with Crippen molar-refractivity contribution in [3.8, 4) is 11.5 Å². The largest absolute Gasteiger partial charge is 0.493 e. The predicted molar refractivity (Wildman–Crippen MR) is 104 cm³/mol. The highest BCUT2D eigenvalue weighted by Crippen LogP contribution is 2.33. The maximum absolute atomic E-state index is 12.9. The van der Waals surface area contributed by atoms with E-state index in [1.165, 1.54) is 32.4 Å². The van der Waals surface area contributed by atoms with E-state index < -0.39 is 35.5 Å². The lowest BCUT2D eigenvalue weighted by Crippen LogP contribution is -2.58. The first-order valence-corrected chi connectivity index (χ1v) is 8.97. The van der Waals surface area contributed by atoms with Gasteiger partial charge >= 0.3 is 12.2 Å². The zero-order valence-corrected chi connectivity index (χ0v) is 16.4. The Kier molecular flexibility index (Phi) is 6.04. The number of hydrogen-bond acceptors (Lipinski definition) is 5. The lowest BCUT2D eigenvalue weighted by atomic mass is 10.0. The SMILES string of the molecule is COc1ccc(N2C(=O)NCC(C(=O)Nc3ccc(C(F)(F)F)cc3)C2=O)cc1OC. The van der Waals surface area contributed by atoms with Gasteiger partial charge in [0.2, 0.25) is 11.8 Å². The highest BCUT2D eigenvalue weighted by molar-refractivity contribution is 6.23. The zero-order valence-electron chi connectivity index (χ0n) is 16.4. The van der Waals surface area contributed by atoms with Crippen molar-refractivity contribution >= 4 is 29.2 Å². The summed E-state index contributed by atoms with van der Waals surface area (Å²) < 4.78 is 48.3. The van der Waals surface area contributed by atoms with Crippen molar-refractivity contribution < 1.29 is 37.0 Å². The number of nitrogens with zero attached hydrogens (tertiary/aromatic N) is 1. The second-order valence-electron chi connectivity index (χ2n) is 6.52. The second-order valence-corrected chi connectivity index (χ2v) is 6.52. The van der Waals surface area contributed by atoms with E-state index in [0.29, 0.717) is 5.75 Å². The summed E-state index contributed by atoms with van der Waals surface area (Å²) in [5.74, 6) is -2.19. The van der Waals surface area contributed by atoms with Gasteiger partial charge in [0.1, 0.15) is 5.92 Å². The first-order valence-electron chi connectivity index (χ1n) is 8.97. The van der Waals surface area contributed by atoms with Gasteiger partial charge in [0, 0.05) is 18.3 Å². The van der Waals surface area contributed by atoms with Crippen LogP contribution in [0.25, 0.3) is 0 Å². The second kappa shape index (κ2) is 8.54.